The van der Waals surface area contributed by atoms with E-state index in [2.05, 4.69) is 21.5 Å². The number of nitrogens with zero attached hydrogens (tertiary/aromatic N) is 4. The largest absolute Gasteiger partial charge is 0.350 e. The van der Waals surface area contributed by atoms with E-state index in [9.17, 15) is 14.0 Å². The van der Waals surface area contributed by atoms with Gasteiger partial charge in [-0.1, -0.05) is 30.3 Å². The number of H-pyrrole nitrogens is 1. The Bertz CT molecular complexity index is 1210. The lowest BCUT2D eigenvalue weighted by molar-refractivity contribution is -0.126. The van der Waals surface area contributed by atoms with Gasteiger partial charge in [0.05, 0.1) is 16.1 Å². The van der Waals surface area contributed by atoms with Crippen LogP contribution in [0.4, 0.5) is 10.2 Å². The average molecular weight is 428 g/mol. The van der Waals surface area contributed by atoms with Crippen molar-refractivity contribution in [3.05, 3.63) is 64.3 Å². The van der Waals surface area contributed by atoms with Crippen LogP contribution < -0.4 is 10.6 Å². The van der Waals surface area contributed by atoms with Crippen molar-refractivity contribution in [1.29, 1.82) is 0 Å². The maximum Gasteiger partial charge on any atom is 0.348 e. The smallest absolute Gasteiger partial charge is 0.348 e. The number of carbonyl (C=O) groups is 1. The van der Waals surface area contributed by atoms with Crippen molar-refractivity contribution in [2.75, 3.05) is 24.5 Å². The topological polar surface area (TPSA) is 82.2 Å². The Kier molecular flexibility index (Phi) is 5.26. The number of carbonyl (C=O) groups excluding carboxylic acids is 1. The molecule has 0 spiro atoms. The third-order valence-corrected chi connectivity index (χ3v) is 5.45. The summed E-state index contributed by atoms with van der Waals surface area (Å²) in [5.41, 5.74) is 0.186. The first kappa shape index (κ1) is 20.0. The Balaban J connectivity index is 1.80. The van der Waals surface area contributed by atoms with Gasteiger partial charge in [-0.25, -0.2) is 14.2 Å². The van der Waals surface area contributed by atoms with Crippen LogP contribution in [0.25, 0.3) is 22.3 Å². The summed E-state index contributed by atoms with van der Waals surface area (Å²) in [6.07, 6.45) is 1.29. The summed E-state index contributed by atoms with van der Waals surface area (Å²) in [5, 5.41) is 0.797. The highest BCUT2D eigenvalue weighted by molar-refractivity contribution is 6.33. The molecular weight excluding hydrogens is 409 g/mol. The molecule has 1 saturated heterocycles. The zero-order chi connectivity index (χ0) is 21.4. The number of benzene rings is 1. The molecule has 0 aliphatic carbocycles. The molecule has 2 aromatic heterocycles. The Morgan fingerprint density at radius 2 is 2.10 bits per heavy atom. The molecule has 0 radical (unpaired) electrons. The number of hydrogen-bond donors (Lipinski definition) is 1. The minimum absolute atomic E-state index is 0.0924. The van der Waals surface area contributed by atoms with Crippen molar-refractivity contribution in [3.8, 4) is 11.3 Å². The maximum atomic E-state index is 14.3. The van der Waals surface area contributed by atoms with Crippen molar-refractivity contribution in [2.24, 2.45) is 0 Å². The third kappa shape index (κ3) is 3.54. The van der Waals surface area contributed by atoms with Gasteiger partial charge in [0.15, 0.2) is 0 Å². The number of hydrogen-bond acceptors (Lipinski definition) is 5. The van der Waals surface area contributed by atoms with Crippen LogP contribution in [0, 0.1) is 5.82 Å². The minimum atomic E-state index is -0.566. The van der Waals surface area contributed by atoms with Crippen molar-refractivity contribution < 1.29 is 9.18 Å². The van der Waals surface area contributed by atoms with Crippen LogP contribution in [0.5, 0.6) is 0 Å². The summed E-state index contributed by atoms with van der Waals surface area (Å²) in [4.78, 5) is 39.0. The molecule has 1 aliphatic heterocycles. The van der Waals surface area contributed by atoms with Gasteiger partial charge < -0.3 is 9.80 Å². The van der Waals surface area contributed by atoms with Crippen molar-refractivity contribution in [1.82, 2.24) is 19.9 Å². The number of anilines is 1. The molecule has 1 aliphatic rings. The van der Waals surface area contributed by atoms with Gasteiger partial charge in [0.2, 0.25) is 5.91 Å². The maximum absolute atomic E-state index is 14.3. The zero-order valence-corrected chi connectivity index (χ0v) is 17.0. The predicted molar refractivity (Wildman–Crippen MR) is 114 cm³/mol. The van der Waals surface area contributed by atoms with Crippen LogP contribution in [0.2, 0.25) is 5.02 Å². The summed E-state index contributed by atoms with van der Waals surface area (Å²) in [6.45, 7) is 6.90. The van der Waals surface area contributed by atoms with Gasteiger partial charge in [-0.3, -0.25) is 9.78 Å². The molecule has 0 saturated carbocycles. The first-order valence-corrected chi connectivity index (χ1v) is 9.80. The van der Waals surface area contributed by atoms with E-state index in [1.54, 1.807) is 29.2 Å². The number of aromatic nitrogens is 3. The van der Waals surface area contributed by atoms with Gasteiger partial charge in [0.1, 0.15) is 17.3 Å². The van der Waals surface area contributed by atoms with E-state index in [0.29, 0.717) is 30.8 Å². The SMILES string of the molecule is C=CC(=O)N1CCN(c2nc(=O)[nH]c3nc(-c4ccccc4F)c(Cl)cc23)[C@@H](C)C1. The number of rotatable bonds is 3. The molecule has 0 unspecified atom stereocenters. The van der Waals surface area contributed by atoms with E-state index >= 15 is 0 Å². The van der Waals surface area contributed by atoms with Gasteiger partial charge in [-0.05, 0) is 31.2 Å². The summed E-state index contributed by atoms with van der Waals surface area (Å²) in [7, 11) is 0. The lowest BCUT2D eigenvalue weighted by atomic mass is 10.1. The van der Waals surface area contributed by atoms with Crippen molar-refractivity contribution in [2.45, 2.75) is 13.0 Å². The molecule has 30 heavy (non-hydrogen) atoms. The molecule has 1 atom stereocenters. The standard InChI is InChI=1S/C21H19ClFN5O2/c1-3-17(29)27-8-9-28(12(2)11-27)20-14-10-15(22)18(13-6-4-5-7-16(13)23)24-19(14)25-21(30)26-20/h3-7,10,12H,1,8-9,11H2,2H3,(H,24,25,26,30)/t12-/m0/s1. The highest BCUT2D eigenvalue weighted by atomic mass is 35.5. The normalized spacial score (nSPS) is 16.7. The Labute approximate surface area is 176 Å². The van der Waals surface area contributed by atoms with Gasteiger partial charge in [-0.15, -0.1) is 0 Å². The fourth-order valence-electron chi connectivity index (χ4n) is 3.70. The Hall–Kier alpha value is -3.26. The zero-order valence-electron chi connectivity index (χ0n) is 16.2. The van der Waals surface area contributed by atoms with Crippen molar-refractivity contribution in [3.63, 3.8) is 0 Å². The van der Waals surface area contributed by atoms with E-state index in [1.807, 2.05) is 11.8 Å². The predicted octanol–water partition coefficient (Wildman–Crippen LogP) is 3.00. The van der Waals surface area contributed by atoms with Gasteiger partial charge >= 0.3 is 5.69 Å². The van der Waals surface area contributed by atoms with E-state index in [-0.39, 0.29) is 33.9 Å². The molecule has 1 fully saturated rings. The third-order valence-electron chi connectivity index (χ3n) is 5.16. The fraction of sp³-hybridized carbons (Fsp3) is 0.238. The lowest BCUT2D eigenvalue weighted by Gasteiger charge is -2.40. The summed E-state index contributed by atoms with van der Waals surface area (Å²) >= 11 is 6.45. The van der Waals surface area contributed by atoms with Crippen LogP contribution in [0.15, 0.2) is 47.8 Å². The summed E-state index contributed by atoms with van der Waals surface area (Å²) < 4.78 is 14.3. The molecule has 9 heteroatoms. The quantitative estimate of drug-likeness (QED) is 0.650. The monoisotopic (exact) mass is 427 g/mol. The van der Waals surface area contributed by atoms with Crippen LogP contribution in [0.1, 0.15) is 6.92 Å². The summed E-state index contributed by atoms with van der Waals surface area (Å²) in [6, 6.07) is 7.71. The molecule has 154 valence electrons. The second-order valence-electron chi connectivity index (χ2n) is 7.09. The molecule has 1 N–H and O–H groups in total. The highest BCUT2D eigenvalue weighted by Crippen LogP contribution is 2.33. The molecule has 1 amide bonds. The number of piperazine rings is 1. The molecule has 0 bridgehead atoms. The number of nitrogens with one attached hydrogen (secondary N) is 1. The van der Waals surface area contributed by atoms with Crippen LogP contribution in [-0.2, 0) is 4.79 Å². The van der Waals surface area contributed by atoms with Crippen LogP contribution in [0.3, 0.4) is 0 Å². The second kappa shape index (κ2) is 7.87. The lowest BCUT2D eigenvalue weighted by Crippen LogP contribution is -2.54. The number of aromatic amines is 1. The Morgan fingerprint density at radius 3 is 2.80 bits per heavy atom. The number of amides is 1. The van der Waals surface area contributed by atoms with Gasteiger partial charge in [0.25, 0.3) is 0 Å². The van der Waals surface area contributed by atoms with Crippen LogP contribution >= 0.6 is 11.6 Å². The number of pyridine rings is 1. The fourth-order valence-corrected chi connectivity index (χ4v) is 3.96. The number of fused-ring (bicyclic) bond motifs is 1. The molecule has 4 rings (SSSR count). The van der Waals surface area contributed by atoms with Crippen molar-refractivity contribution >= 4 is 34.4 Å². The highest BCUT2D eigenvalue weighted by Gasteiger charge is 2.28. The van der Waals surface area contributed by atoms with E-state index in [1.165, 1.54) is 12.1 Å². The molecule has 3 heterocycles. The first-order valence-electron chi connectivity index (χ1n) is 9.42. The molecular formula is C21H19ClFN5O2. The Morgan fingerprint density at radius 1 is 1.33 bits per heavy atom. The van der Waals surface area contributed by atoms with E-state index < -0.39 is 11.5 Å². The van der Waals surface area contributed by atoms with Gasteiger partial charge in [-0.2, -0.15) is 4.98 Å². The second-order valence-corrected chi connectivity index (χ2v) is 7.50. The minimum Gasteiger partial charge on any atom is -0.350 e. The van der Waals surface area contributed by atoms with Crippen LogP contribution in [-0.4, -0.2) is 51.4 Å². The first-order chi connectivity index (χ1) is 14.4. The summed E-state index contributed by atoms with van der Waals surface area (Å²) in [5.74, 6) is -0.162. The molecule has 7 nitrogen and oxygen atoms in total. The molecule has 1 aromatic carbocycles. The average Bonchev–Trinajstić information content (AvgIpc) is 2.73. The molecule has 3 aromatic rings. The van der Waals surface area contributed by atoms with Gasteiger partial charge in [0, 0.05) is 31.2 Å². The van der Waals surface area contributed by atoms with E-state index in [4.69, 9.17) is 11.6 Å². The number of halogens is 2. The van der Waals surface area contributed by atoms with E-state index in [0.717, 1.165) is 0 Å².